The molecule has 1 aliphatic heterocycles. The largest absolute Gasteiger partial charge is 0.386 e. The third kappa shape index (κ3) is 3.70. The predicted molar refractivity (Wildman–Crippen MR) is 85.9 cm³/mol. The zero-order valence-electron chi connectivity index (χ0n) is 13.4. The Labute approximate surface area is 139 Å². The summed E-state index contributed by atoms with van der Waals surface area (Å²) in [5.41, 5.74) is -1.02. The standard InChI is InChI=1S/C16H20FN5O2/c1-12-18-5-7-21(12)9-15(23)20-10-16(24)4-6-22(11-16)14-3-2-13(17)8-19-14/h2-3,5,7-8,24H,4,6,9-11H2,1H3,(H,20,23)/t16-/m1/s1. The number of amides is 1. The predicted octanol–water partition coefficient (Wildman–Crippen LogP) is 0.483. The van der Waals surface area contributed by atoms with Gasteiger partial charge in [-0.15, -0.1) is 0 Å². The molecule has 128 valence electrons. The number of rotatable bonds is 5. The molecular weight excluding hydrogens is 313 g/mol. The van der Waals surface area contributed by atoms with Gasteiger partial charge in [-0.2, -0.15) is 0 Å². The molecule has 8 heteroatoms. The molecule has 0 spiro atoms. The summed E-state index contributed by atoms with van der Waals surface area (Å²) in [6, 6.07) is 2.93. The highest BCUT2D eigenvalue weighted by Gasteiger charge is 2.36. The number of β-amino-alcohol motifs (C(OH)–C–C–N with tert-alkyl or cyclic N) is 1. The van der Waals surface area contributed by atoms with Crippen LogP contribution in [0.3, 0.4) is 0 Å². The normalized spacial score (nSPS) is 20.4. The summed E-state index contributed by atoms with van der Waals surface area (Å²) < 4.78 is 14.7. The van der Waals surface area contributed by atoms with Gasteiger partial charge in [-0.3, -0.25) is 4.79 Å². The van der Waals surface area contributed by atoms with Gasteiger partial charge in [0.15, 0.2) is 0 Å². The third-order valence-electron chi connectivity index (χ3n) is 4.22. The van der Waals surface area contributed by atoms with Gasteiger partial charge in [0, 0.05) is 32.0 Å². The highest BCUT2D eigenvalue weighted by atomic mass is 19.1. The van der Waals surface area contributed by atoms with Crippen LogP contribution < -0.4 is 10.2 Å². The quantitative estimate of drug-likeness (QED) is 0.832. The first-order valence-corrected chi connectivity index (χ1v) is 7.78. The van der Waals surface area contributed by atoms with E-state index in [0.29, 0.717) is 25.3 Å². The molecule has 0 aromatic carbocycles. The molecule has 0 saturated carbocycles. The number of aryl methyl sites for hydroxylation is 1. The molecule has 1 aliphatic rings. The van der Waals surface area contributed by atoms with Gasteiger partial charge in [0.1, 0.15) is 29.6 Å². The lowest BCUT2D eigenvalue weighted by Gasteiger charge is -2.24. The molecule has 0 aliphatic carbocycles. The minimum Gasteiger partial charge on any atom is -0.386 e. The molecule has 2 aromatic heterocycles. The van der Waals surface area contributed by atoms with Crippen LogP contribution in [0, 0.1) is 12.7 Å². The molecule has 1 amide bonds. The van der Waals surface area contributed by atoms with E-state index in [-0.39, 0.29) is 19.0 Å². The van der Waals surface area contributed by atoms with Crippen molar-refractivity contribution in [1.29, 1.82) is 0 Å². The molecule has 0 bridgehead atoms. The van der Waals surface area contributed by atoms with Crippen molar-refractivity contribution in [1.82, 2.24) is 19.9 Å². The summed E-state index contributed by atoms with van der Waals surface area (Å²) in [6.45, 7) is 3.11. The number of pyridine rings is 1. The molecule has 0 radical (unpaired) electrons. The topological polar surface area (TPSA) is 83.3 Å². The van der Waals surface area contributed by atoms with E-state index in [1.807, 2.05) is 11.8 Å². The van der Waals surface area contributed by atoms with Crippen molar-refractivity contribution in [3.05, 3.63) is 42.4 Å². The van der Waals surface area contributed by atoms with Gasteiger partial charge in [-0.1, -0.05) is 0 Å². The SMILES string of the molecule is Cc1nccn1CC(=O)NC[C@]1(O)CCN(c2ccc(F)cn2)C1. The first-order valence-electron chi connectivity index (χ1n) is 7.78. The number of nitrogens with one attached hydrogen (secondary N) is 1. The number of imidazole rings is 1. The van der Waals surface area contributed by atoms with Gasteiger partial charge in [0.25, 0.3) is 0 Å². The van der Waals surface area contributed by atoms with Crippen molar-refractivity contribution in [2.45, 2.75) is 25.5 Å². The van der Waals surface area contributed by atoms with E-state index in [0.717, 1.165) is 12.0 Å². The molecule has 1 fully saturated rings. The Morgan fingerprint density at radius 1 is 1.46 bits per heavy atom. The molecule has 7 nitrogen and oxygen atoms in total. The smallest absolute Gasteiger partial charge is 0.240 e. The number of hydrogen-bond donors (Lipinski definition) is 2. The lowest BCUT2D eigenvalue weighted by Crippen LogP contribution is -2.45. The lowest BCUT2D eigenvalue weighted by molar-refractivity contribution is -0.122. The number of halogens is 1. The number of carbonyl (C=O) groups is 1. The van der Waals surface area contributed by atoms with Crippen molar-refractivity contribution in [2.75, 3.05) is 24.5 Å². The summed E-state index contributed by atoms with van der Waals surface area (Å²) in [6.07, 6.45) is 5.04. The monoisotopic (exact) mass is 333 g/mol. The van der Waals surface area contributed by atoms with Crippen molar-refractivity contribution >= 4 is 11.7 Å². The maximum absolute atomic E-state index is 12.9. The molecular formula is C16H20FN5O2. The Morgan fingerprint density at radius 3 is 2.96 bits per heavy atom. The maximum Gasteiger partial charge on any atom is 0.240 e. The van der Waals surface area contributed by atoms with Crippen LogP contribution in [-0.4, -0.2) is 50.8 Å². The fraction of sp³-hybridized carbons (Fsp3) is 0.438. The first-order chi connectivity index (χ1) is 11.5. The summed E-state index contributed by atoms with van der Waals surface area (Å²) in [4.78, 5) is 22.0. The van der Waals surface area contributed by atoms with Crippen LogP contribution in [0.15, 0.2) is 30.7 Å². The second kappa shape index (κ2) is 6.56. The van der Waals surface area contributed by atoms with Crippen molar-refractivity contribution in [2.24, 2.45) is 0 Å². The van der Waals surface area contributed by atoms with Crippen LogP contribution in [0.1, 0.15) is 12.2 Å². The first kappa shape index (κ1) is 16.4. The number of hydrogen-bond acceptors (Lipinski definition) is 5. The highest BCUT2D eigenvalue weighted by Crippen LogP contribution is 2.25. The van der Waals surface area contributed by atoms with Crippen LogP contribution >= 0.6 is 0 Å². The molecule has 24 heavy (non-hydrogen) atoms. The minimum atomic E-state index is -1.02. The van der Waals surface area contributed by atoms with E-state index in [9.17, 15) is 14.3 Å². The number of aromatic nitrogens is 3. The summed E-state index contributed by atoms with van der Waals surface area (Å²) in [7, 11) is 0. The Morgan fingerprint density at radius 2 is 2.29 bits per heavy atom. The van der Waals surface area contributed by atoms with Crippen molar-refractivity contribution in [3.63, 3.8) is 0 Å². The molecule has 1 saturated heterocycles. The molecule has 2 aromatic rings. The zero-order valence-corrected chi connectivity index (χ0v) is 13.4. The van der Waals surface area contributed by atoms with E-state index in [2.05, 4.69) is 15.3 Å². The van der Waals surface area contributed by atoms with Crippen LogP contribution in [0.25, 0.3) is 0 Å². The fourth-order valence-electron chi connectivity index (χ4n) is 2.80. The molecule has 3 heterocycles. The van der Waals surface area contributed by atoms with Gasteiger partial charge >= 0.3 is 0 Å². The number of anilines is 1. The second-order valence-electron chi connectivity index (χ2n) is 6.11. The third-order valence-corrected chi connectivity index (χ3v) is 4.22. The van der Waals surface area contributed by atoms with E-state index in [1.54, 1.807) is 23.0 Å². The van der Waals surface area contributed by atoms with E-state index in [1.165, 1.54) is 6.07 Å². The van der Waals surface area contributed by atoms with Crippen LogP contribution in [0.2, 0.25) is 0 Å². The summed E-state index contributed by atoms with van der Waals surface area (Å²) in [5.74, 6) is 0.809. The van der Waals surface area contributed by atoms with Gasteiger partial charge < -0.3 is 19.9 Å². The Balaban J connectivity index is 1.53. The fourth-order valence-corrected chi connectivity index (χ4v) is 2.80. The minimum absolute atomic E-state index is 0.164. The number of carbonyl (C=O) groups excluding carboxylic acids is 1. The van der Waals surface area contributed by atoms with Crippen LogP contribution in [0.4, 0.5) is 10.2 Å². The van der Waals surface area contributed by atoms with E-state index < -0.39 is 11.4 Å². The summed E-state index contributed by atoms with van der Waals surface area (Å²) in [5, 5.41) is 13.4. The average molecular weight is 333 g/mol. The van der Waals surface area contributed by atoms with Crippen molar-refractivity contribution < 1.29 is 14.3 Å². The maximum atomic E-state index is 12.9. The average Bonchev–Trinajstić information content (AvgIpc) is 3.14. The van der Waals surface area contributed by atoms with E-state index >= 15 is 0 Å². The van der Waals surface area contributed by atoms with Gasteiger partial charge in [-0.05, 0) is 25.5 Å². The molecule has 2 N–H and O–H groups in total. The molecule has 3 rings (SSSR count). The number of aliphatic hydroxyl groups is 1. The van der Waals surface area contributed by atoms with Gasteiger partial charge in [0.05, 0.1) is 6.20 Å². The highest BCUT2D eigenvalue weighted by molar-refractivity contribution is 5.75. The molecule has 1 atom stereocenters. The summed E-state index contributed by atoms with van der Waals surface area (Å²) >= 11 is 0. The lowest BCUT2D eigenvalue weighted by atomic mass is 10.0. The molecule has 0 unspecified atom stereocenters. The second-order valence-corrected chi connectivity index (χ2v) is 6.11. The van der Waals surface area contributed by atoms with Crippen LogP contribution in [0.5, 0.6) is 0 Å². The Kier molecular flexibility index (Phi) is 4.48. The van der Waals surface area contributed by atoms with Crippen molar-refractivity contribution in [3.8, 4) is 0 Å². The van der Waals surface area contributed by atoms with E-state index in [4.69, 9.17) is 0 Å². The Bertz CT molecular complexity index is 718. The van der Waals surface area contributed by atoms with Gasteiger partial charge in [0.2, 0.25) is 5.91 Å². The van der Waals surface area contributed by atoms with Crippen LogP contribution in [-0.2, 0) is 11.3 Å². The Hall–Kier alpha value is -2.48. The number of nitrogens with zero attached hydrogens (tertiary/aromatic N) is 4. The zero-order chi connectivity index (χ0) is 17.2. The van der Waals surface area contributed by atoms with Gasteiger partial charge in [-0.25, -0.2) is 14.4 Å².